The van der Waals surface area contributed by atoms with Gasteiger partial charge in [0.2, 0.25) is 0 Å². The zero-order valence-corrected chi connectivity index (χ0v) is 14.5. The fourth-order valence-corrected chi connectivity index (χ4v) is 3.65. The van der Waals surface area contributed by atoms with E-state index in [4.69, 9.17) is 9.47 Å². The van der Waals surface area contributed by atoms with E-state index in [1.807, 2.05) is 23.1 Å². The van der Waals surface area contributed by atoms with Crippen LogP contribution in [0.3, 0.4) is 0 Å². The summed E-state index contributed by atoms with van der Waals surface area (Å²) in [5.74, 6) is 2.60. The molecule has 0 saturated carbocycles. The van der Waals surface area contributed by atoms with E-state index in [1.54, 1.807) is 14.2 Å². The van der Waals surface area contributed by atoms with Crippen molar-refractivity contribution in [1.29, 1.82) is 0 Å². The summed E-state index contributed by atoms with van der Waals surface area (Å²) < 4.78 is 10.7. The van der Waals surface area contributed by atoms with Crippen molar-refractivity contribution in [2.75, 3.05) is 40.4 Å². The van der Waals surface area contributed by atoms with Crippen molar-refractivity contribution in [2.45, 2.75) is 12.8 Å². The van der Waals surface area contributed by atoms with Gasteiger partial charge < -0.3 is 19.7 Å². The molecule has 0 aliphatic carbocycles. The molecule has 1 aromatic rings. The maximum absolute atomic E-state index is 12.9. The number of hydrogen-bond acceptors (Lipinski definition) is 4. The van der Waals surface area contributed by atoms with Gasteiger partial charge in [0.25, 0.3) is 5.91 Å². The van der Waals surface area contributed by atoms with Crippen molar-refractivity contribution in [3.63, 3.8) is 0 Å². The molecular weight excluding hydrogens is 316 g/mol. The summed E-state index contributed by atoms with van der Waals surface area (Å²) >= 11 is 0. The number of nitrogens with zero attached hydrogens (tertiary/aromatic N) is 1. The molecule has 2 heterocycles. The summed E-state index contributed by atoms with van der Waals surface area (Å²) in [6.07, 6.45) is 2.16. The number of carbonyl (C=O) groups excluding carboxylic acids is 1. The highest BCUT2D eigenvalue weighted by atomic mass is 35.5. The Bertz CT molecular complexity index is 539. The predicted octanol–water partition coefficient (Wildman–Crippen LogP) is 2.20. The van der Waals surface area contributed by atoms with E-state index in [0.717, 1.165) is 39.0 Å². The molecule has 128 valence electrons. The molecule has 2 atom stereocenters. The van der Waals surface area contributed by atoms with Crippen LogP contribution in [0.1, 0.15) is 23.2 Å². The number of ether oxygens (including phenoxy) is 2. The van der Waals surface area contributed by atoms with Crippen LogP contribution in [0, 0.1) is 11.8 Å². The summed E-state index contributed by atoms with van der Waals surface area (Å²) in [6, 6.07) is 5.47. The third-order valence-corrected chi connectivity index (χ3v) is 4.94. The third kappa shape index (κ3) is 3.56. The lowest BCUT2D eigenvalue weighted by atomic mass is 9.92. The molecule has 0 radical (unpaired) electrons. The van der Waals surface area contributed by atoms with E-state index < -0.39 is 0 Å². The molecule has 6 heteroatoms. The number of nitrogens with one attached hydrogen (secondary N) is 1. The SMILES string of the molecule is COc1cccc(C(=O)N2CC[C@@H]3CNC[C@@H]3CC2)c1OC.Cl. The molecule has 0 unspecified atom stereocenters. The Morgan fingerprint density at radius 3 is 2.35 bits per heavy atom. The number of rotatable bonds is 3. The number of fused-ring (bicyclic) bond motifs is 1. The second kappa shape index (κ2) is 7.88. The van der Waals surface area contributed by atoms with Gasteiger partial charge >= 0.3 is 0 Å². The molecule has 1 N–H and O–H groups in total. The summed E-state index contributed by atoms with van der Waals surface area (Å²) in [4.78, 5) is 14.9. The molecule has 0 bridgehead atoms. The zero-order valence-electron chi connectivity index (χ0n) is 13.7. The summed E-state index contributed by atoms with van der Waals surface area (Å²) in [6.45, 7) is 3.83. The monoisotopic (exact) mass is 340 g/mol. The molecule has 2 aliphatic rings. The topological polar surface area (TPSA) is 50.8 Å². The van der Waals surface area contributed by atoms with Crippen LogP contribution in [-0.2, 0) is 0 Å². The largest absolute Gasteiger partial charge is 0.493 e. The Balaban J connectivity index is 0.00000192. The van der Waals surface area contributed by atoms with Crippen molar-refractivity contribution in [3.05, 3.63) is 23.8 Å². The molecule has 0 spiro atoms. The van der Waals surface area contributed by atoms with E-state index in [0.29, 0.717) is 28.9 Å². The fourth-order valence-electron chi connectivity index (χ4n) is 3.65. The summed E-state index contributed by atoms with van der Waals surface area (Å²) in [5.41, 5.74) is 0.590. The average Bonchev–Trinajstić information content (AvgIpc) is 2.91. The molecule has 2 fully saturated rings. The number of para-hydroxylation sites is 1. The maximum Gasteiger partial charge on any atom is 0.257 e. The van der Waals surface area contributed by atoms with Crippen molar-refractivity contribution in [3.8, 4) is 11.5 Å². The van der Waals surface area contributed by atoms with Crippen molar-refractivity contribution < 1.29 is 14.3 Å². The highest BCUT2D eigenvalue weighted by molar-refractivity contribution is 5.97. The number of benzene rings is 1. The first-order valence-corrected chi connectivity index (χ1v) is 7.95. The first kappa shape index (κ1) is 17.9. The number of likely N-dealkylation sites (tertiary alicyclic amines) is 1. The molecule has 5 nitrogen and oxygen atoms in total. The number of methoxy groups -OCH3 is 2. The minimum absolute atomic E-state index is 0. The fraction of sp³-hybridized carbons (Fsp3) is 0.588. The number of hydrogen-bond donors (Lipinski definition) is 1. The molecule has 1 amide bonds. The van der Waals surface area contributed by atoms with Gasteiger partial charge in [-0.15, -0.1) is 12.4 Å². The standard InChI is InChI=1S/C17H24N2O3.ClH/c1-21-15-5-3-4-14(16(15)22-2)17(20)19-8-6-12-10-18-11-13(12)7-9-19;/h3-5,12-13,18H,6-11H2,1-2H3;1H/t12-,13+;. The lowest BCUT2D eigenvalue weighted by Gasteiger charge is -2.22. The molecule has 2 aliphatic heterocycles. The molecule has 1 aromatic carbocycles. The lowest BCUT2D eigenvalue weighted by Crippen LogP contribution is -2.33. The van der Waals surface area contributed by atoms with Crippen LogP contribution in [0.15, 0.2) is 18.2 Å². The summed E-state index contributed by atoms with van der Waals surface area (Å²) in [7, 11) is 3.17. The van der Waals surface area contributed by atoms with Crippen molar-refractivity contribution >= 4 is 18.3 Å². The quantitative estimate of drug-likeness (QED) is 0.916. The Labute approximate surface area is 143 Å². The minimum Gasteiger partial charge on any atom is -0.493 e. The van der Waals surface area contributed by atoms with Gasteiger partial charge in [-0.2, -0.15) is 0 Å². The normalized spacial score (nSPS) is 23.5. The van der Waals surface area contributed by atoms with Gasteiger partial charge in [-0.25, -0.2) is 0 Å². The van der Waals surface area contributed by atoms with Crippen molar-refractivity contribution in [2.24, 2.45) is 11.8 Å². The average molecular weight is 341 g/mol. The second-order valence-electron chi connectivity index (χ2n) is 6.09. The summed E-state index contributed by atoms with van der Waals surface area (Å²) in [5, 5.41) is 3.46. The minimum atomic E-state index is 0. The van der Waals surface area contributed by atoms with Crippen molar-refractivity contribution in [1.82, 2.24) is 10.2 Å². The van der Waals surface area contributed by atoms with E-state index >= 15 is 0 Å². The van der Waals surface area contributed by atoms with Gasteiger partial charge in [-0.3, -0.25) is 4.79 Å². The van der Waals surface area contributed by atoms with Gasteiger partial charge in [-0.05, 0) is 49.9 Å². The first-order chi connectivity index (χ1) is 10.7. The van der Waals surface area contributed by atoms with Gasteiger partial charge in [-0.1, -0.05) is 6.07 Å². The van der Waals surface area contributed by atoms with Gasteiger partial charge in [0.1, 0.15) is 0 Å². The maximum atomic E-state index is 12.9. The van der Waals surface area contributed by atoms with Crippen LogP contribution in [0.25, 0.3) is 0 Å². The van der Waals surface area contributed by atoms with E-state index in [2.05, 4.69) is 5.32 Å². The van der Waals surface area contributed by atoms with E-state index in [-0.39, 0.29) is 18.3 Å². The zero-order chi connectivity index (χ0) is 15.5. The van der Waals surface area contributed by atoms with Crippen LogP contribution >= 0.6 is 12.4 Å². The lowest BCUT2D eigenvalue weighted by molar-refractivity contribution is 0.0754. The van der Waals surface area contributed by atoms with Crippen LogP contribution in [0.4, 0.5) is 0 Å². The van der Waals surface area contributed by atoms with Gasteiger partial charge in [0.15, 0.2) is 11.5 Å². The van der Waals surface area contributed by atoms with Crippen LogP contribution in [0.5, 0.6) is 11.5 Å². The molecule has 3 rings (SSSR count). The van der Waals surface area contributed by atoms with E-state index in [1.165, 1.54) is 0 Å². The Hall–Kier alpha value is -1.46. The predicted molar refractivity (Wildman–Crippen MR) is 91.8 cm³/mol. The highest BCUT2D eigenvalue weighted by Crippen LogP contribution is 2.33. The Morgan fingerprint density at radius 2 is 1.78 bits per heavy atom. The number of carbonyl (C=O) groups is 1. The van der Waals surface area contributed by atoms with Gasteiger partial charge in [0, 0.05) is 13.1 Å². The number of halogens is 1. The van der Waals surface area contributed by atoms with Crippen LogP contribution in [-0.4, -0.2) is 51.2 Å². The van der Waals surface area contributed by atoms with Crippen LogP contribution in [0.2, 0.25) is 0 Å². The highest BCUT2D eigenvalue weighted by Gasteiger charge is 2.32. The Morgan fingerprint density at radius 1 is 1.13 bits per heavy atom. The number of amides is 1. The van der Waals surface area contributed by atoms with Gasteiger partial charge in [0.05, 0.1) is 19.8 Å². The Kier molecular flexibility index (Phi) is 6.13. The van der Waals surface area contributed by atoms with Crippen LogP contribution < -0.4 is 14.8 Å². The molecular formula is C17H25ClN2O3. The third-order valence-electron chi connectivity index (χ3n) is 4.94. The molecule has 23 heavy (non-hydrogen) atoms. The second-order valence-corrected chi connectivity index (χ2v) is 6.09. The smallest absolute Gasteiger partial charge is 0.257 e. The van der Waals surface area contributed by atoms with E-state index in [9.17, 15) is 4.79 Å². The first-order valence-electron chi connectivity index (χ1n) is 7.95. The molecule has 2 saturated heterocycles. The molecule has 0 aromatic heterocycles.